The van der Waals surface area contributed by atoms with E-state index in [1.807, 2.05) is 11.8 Å². The first-order chi connectivity index (χ1) is 29.8. The van der Waals surface area contributed by atoms with E-state index >= 15 is 0 Å². The standard InChI is InChI=1S/C57H38N2S/c1-2-16-36(17-3-1)37-30-32-51(58-50-26-12-7-20-40(37)50)41-31-33-53(42-21-5-4-18-38(41)42)59-52-27-13-8-22-43(52)45-34-44-39-19-6-9-23-46(39)57(49(44)35-54(45)59)47-24-10-14-28-55(47)60-56-29-15-11-25-48(56)57/h1-35,37,51,58H. The van der Waals surface area contributed by atoms with E-state index in [2.05, 4.69) is 222 Å². The Bertz CT molecular complexity index is 3360. The fourth-order valence-electron chi connectivity index (χ4n) is 10.9. The number of fused-ring (bicyclic) bond motifs is 14. The highest BCUT2D eigenvalue weighted by atomic mass is 32.2. The molecule has 2 atom stereocenters. The van der Waals surface area contributed by atoms with E-state index in [4.69, 9.17) is 0 Å². The maximum atomic E-state index is 3.97. The number of nitrogens with zero attached hydrogens (tertiary/aromatic N) is 1. The van der Waals surface area contributed by atoms with Crippen LogP contribution in [-0.4, -0.2) is 4.57 Å². The van der Waals surface area contributed by atoms with Gasteiger partial charge in [0.1, 0.15) is 0 Å². The second kappa shape index (κ2) is 13.0. The van der Waals surface area contributed by atoms with Crippen LogP contribution in [0.25, 0.3) is 49.4 Å². The summed E-state index contributed by atoms with van der Waals surface area (Å²) >= 11 is 1.90. The van der Waals surface area contributed by atoms with Gasteiger partial charge in [0.2, 0.25) is 0 Å². The Labute approximate surface area is 353 Å². The van der Waals surface area contributed by atoms with Gasteiger partial charge in [0.15, 0.2) is 0 Å². The molecular formula is C57H38N2S. The Morgan fingerprint density at radius 3 is 1.90 bits per heavy atom. The SMILES string of the molecule is C1=CC(c2ccccc2)c2ccccc2NC1c1ccc(-n2c3ccccc3c3cc4c(cc32)C2(c3ccccc3Sc3ccccc32)c2ccccc2-4)c2ccccc12. The van der Waals surface area contributed by atoms with Gasteiger partial charge in [-0.1, -0.05) is 182 Å². The topological polar surface area (TPSA) is 17.0 Å². The molecule has 0 fully saturated rings. The Balaban J connectivity index is 1.06. The van der Waals surface area contributed by atoms with Crippen molar-refractivity contribution >= 4 is 50.0 Å². The third-order valence-corrected chi connectivity index (χ3v) is 14.6. The van der Waals surface area contributed by atoms with Gasteiger partial charge in [0.25, 0.3) is 0 Å². The first-order valence-corrected chi connectivity index (χ1v) is 21.7. The van der Waals surface area contributed by atoms with Crippen molar-refractivity contribution in [2.45, 2.75) is 27.2 Å². The van der Waals surface area contributed by atoms with E-state index in [0.29, 0.717) is 0 Å². The summed E-state index contributed by atoms with van der Waals surface area (Å²) in [4.78, 5) is 2.64. The molecule has 1 N–H and O–H groups in total. The normalized spacial score (nSPS) is 16.8. The first-order valence-electron chi connectivity index (χ1n) is 20.9. The van der Waals surface area contributed by atoms with Crippen molar-refractivity contribution in [1.29, 1.82) is 0 Å². The molecule has 0 bridgehead atoms. The predicted octanol–water partition coefficient (Wildman–Crippen LogP) is 14.6. The Morgan fingerprint density at radius 2 is 1.08 bits per heavy atom. The monoisotopic (exact) mass is 782 g/mol. The van der Waals surface area contributed by atoms with Gasteiger partial charge in [-0.15, -0.1) is 0 Å². The molecule has 2 aliphatic heterocycles. The van der Waals surface area contributed by atoms with Crippen molar-refractivity contribution < 1.29 is 0 Å². The van der Waals surface area contributed by atoms with Crippen molar-refractivity contribution in [2.75, 3.05) is 5.32 Å². The van der Waals surface area contributed by atoms with Gasteiger partial charge >= 0.3 is 0 Å². The Kier molecular flexibility index (Phi) is 7.32. The van der Waals surface area contributed by atoms with Gasteiger partial charge in [0, 0.05) is 37.6 Å². The molecule has 2 unspecified atom stereocenters. The molecule has 2 nitrogen and oxygen atoms in total. The zero-order chi connectivity index (χ0) is 39.4. The maximum Gasteiger partial charge on any atom is 0.0736 e. The van der Waals surface area contributed by atoms with E-state index < -0.39 is 5.41 Å². The number of allylic oxidation sites excluding steroid dienone is 1. The third-order valence-electron chi connectivity index (χ3n) is 13.4. The smallest absolute Gasteiger partial charge is 0.0736 e. The van der Waals surface area contributed by atoms with Gasteiger partial charge in [-0.05, 0) is 97.9 Å². The molecule has 1 spiro atoms. The van der Waals surface area contributed by atoms with Crippen LogP contribution in [0.4, 0.5) is 5.69 Å². The largest absolute Gasteiger partial charge is 0.374 e. The first kappa shape index (κ1) is 33.9. The van der Waals surface area contributed by atoms with Crippen molar-refractivity contribution in [2.24, 2.45) is 0 Å². The fraction of sp³-hybridized carbons (Fsp3) is 0.0526. The molecule has 282 valence electrons. The summed E-state index contributed by atoms with van der Waals surface area (Å²) in [6.45, 7) is 0. The number of anilines is 1. The summed E-state index contributed by atoms with van der Waals surface area (Å²) in [7, 11) is 0. The molecule has 3 aliphatic rings. The van der Waals surface area contributed by atoms with Crippen LogP contribution in [0.5, 0.6) is 0 Å². The highest BCUT2D eigenvalue weighted by molar-refractivity contribution is 7.99. The average molecular weight is 783 g/mol. The molecule has 0 saturated carbocycles. The fourth-order valence-corrected chi connectivity index (χ4v) is 12.1. The molecule has 3 heteroatoms. The summed E-state index contributed by atoms with van der Waals surface area (Å²) < 4.78 is 2.54. The van der Waals surface area contributed by atoms with Gasteiger partial charge in [-0.25, -0.2) is 0 Å². The number of benzene rings is 9. The zero-order valence-corrected chi connectivity index (χ0v) is 33.5. The number of hydrogen-bond donors (Lipinski definition) is 1. The highest BCUT2D eigenvalue weighted by Crippen LogP contribution is 2.63. The van der Waals surface area contributed by atoms with Gasteiger partial charge in [-0.2, -0.15) is 0 Å². The number of rotatable bonds is 3. The van der Waals surface area contributed by atoms with Gasteiger partial charge in [-0.3, -0.25) is 0 Å². The van der Waals surface area contributed by atoms with Crippen LogP contribution in [-0.2, 0) is 5.41 Å². The molecule has 10 aromatic rings. The highest BCUT2D eigenvalue weighted by Gasteiger charge is 2.50. The van der Waals surface area contributed by atoms with Crippen LogP contribution in [0, 0.1) is 0 Å². The van der Waals surface area contributed by atoms with Crippen LogP contribution < -0.4 is 5.32 Å². The van der Waals surface area contributed by atoms with E-state index in [0.717, 1.165) is 0 Å². The molecule has 1 aromatic heterocycles. The summed E-state index contributed by atoms with van der Waals surface area (Å²) in [5.41, 5.74) is 16.3. The van der Waals surface area contributed by atoms with Crippen molar-refractivity contribution in [1.82, 2.24) is 4.57 Å². The number of aromatic nitrogens is 1. The summed E-state index contributed by atoms with van der Waals surface area (Å²) in [6, 6.07) is 74.7. The van der Waals surface area contributed by atoms with Gasteiger partial charge < -0.3 is 9.88 Å². The lowest BCUT2D eigenvalue weighted by molar-refractivity contribution is 0.723. The minimum Gasteiger partial charge on any atom is -0.374 e. The van der Waals surface area contributed by atoms with Crippen LogP contribution in [0.15, 0.2) is 222 Å². The lowest BCUT2D eigenvalue weighted by Gasteiger charge is -2.39. The van der Waals surface area contributed by atoms with Crippen molar-refractivity contribution in [3.8, 4) is 16.8 Å². The molecule has 0 radical (unpaired) electrons. The van der Waals surface area contributed by atoms with Crippen molar-refractivity contribution in [3.63, 3.8) is 0 Å². The molecule has 13 rings (SSSR count). The van der Waals surface area contributed by atoms with Crippen LogP contribution in [0.3, 0.4) is 0 Å². The third kappa shape index (κ3) is 4.67. The number of para-hydroxylation sites is 2. The lowest BCUT2D eigenvalue weighted by Crippen LogP contribution is -2.31. The van der Waals surface area contributed by atoms with Crippen LogP contribution >= 0.6 is 11.8 Å². The molecule has 3 heterocycles. The number of hydrogen-bond acceptors (Lipinski definition) is 2. The summed E-state index contributed by atoms with van der Waals surface area (Å²) in [5, 5.41) is 8.98. The second-order valence-corrected chi connectivity index (χ2v) is 17.4. The second-order valence-electron chi connectivity index (χ2n) is 16.4. The minimum absolute atomic E-state index is 0.0112. The van der Waals surface area contributed by atoms with E-state index in [-0.39, 0.29) is 12.0 Å². The Hall–Kier alpha value is -7.07. The minimum atomic E-state index is -0.447. The number of nitrogens with one attached hydrogen (secondary N) is 1. The summed E-state index contributed by atoms with van der Waals surface area (Å²) in [5.74, 6) is 0.167. The predicted molar refractivity (Wildman–Crippen MR) is 250 cm³/mol. The maximum absolute atomic E-state index is 3.97. The molecular weight excluding hydrogens is 745 g/mol. The molecule has 9 aromatic carbocycles. The molecule has 60 heavy (non-hydrogen) atoms. The molecule has 0 amide bonds. The van der Waals surface area contributed by atoms with E-state index in [9.17, 15) is 0 Å². The molecule has 0 saturated heterocycles. The van der Waals surface area contributed by atoms with E-state index in [1.165, 1.54) is 104 Å². The van der Waals surface area contributed by atoms with Crippen LogP contribution in [0.1, 0.15) is 50.9 Å². The Morgan fingerprint density at radius 1 is 0.433 bits per heavy atom. The quantitative estimate of drug-likeness (QED) is 0.180. The zero-order valence-electron chi connectivity index (χ0n) is 32.7. The summed E-state index contributed by atoms with van der Waals surface area (Å²) in [6.07, 6.45) is 4.76. The van der Waals surface area contributed by atoms with Gasteiger partial charge in [0.05, 0.1) is 28.2 Å². The van der Waals surface area contributed by atoms with Crippen LogP contribution in [0.2, 0.25) is 0 Å². The molecule has 1 aliphatic carbocycles. The lowest BCUT2D eigenvalue weighted by atomic mass is 9.67. The van der Waals surface area contributed by atoms with Crippen molar-refractivity contribution in [3.05, 3.63) is 251 Å². The average Bonchev–Trinajstić information content (AvgIpc) is 3.69. The van der Waals surface area contributed by atoms with E-state index in [1.54, 1.807) is 0 Å².